The summed E-state index contributed by atoms with van der Waals surface area (Å²) in [7, 11) is 0. The molecule has 0 fully saturated rings. The quantitative estimate of drug-likeness (QED) is 0.680. The second kappa shape index (κ2) is 7.49. The van der Waals surface area contributed by atoms with Gasteiger partial charge in [-0.1, -0.05) is 28.4 Å². The number of nitrogens with one attached hydrogen (secondary N) is 1. The molecule has 0 radical (unpaired) electrons. The van der Waals surface area contributed by atoms with Gasteiger partial charge in [-0.2, -0.15) is 4.98 Å². The van der Waals surface area contributed by atoms with Crippen LogP contribution < -0.4 is 5.32 Å². The van der Waals surface area contributed by atoms with Crippen molar-refractivity contribution >= 4 is 40.4 Å². The molecule has 3 rings (SSSR count). The van der Waals surface area contributed by atoms with Crippen molar-refractivity contribution in [2.45, 2.75) is 6.04 Å². The lowest BCUT2D eigenvalue weighted by Crippen LogP contribution is -2.31. The number of hydrogen-bond acceptors (Lipinski definition) is 6. The Morgan fingerprint density at radius 1 is 1.36 bits per heavy atom. The minimum Gasteiger partial charge on any atom is -0.394 e. The average Bonchev–Trinajstić information content (AvgIpc) is 3.19. The number of amides is 1. The zero-order valence-electron chi connectivity index (χ0n) is 12.4. The van der Waals surface area contributed by atoms with Gasteiger partial charge in [-0.3, -0.25) is 4.79 Å². The van der Waals surface area contributed by atoms with Gasteiger partial charge in [-0.15, -0.1) is 11.3 Å². The summed E-state index contributed by atoms with van der Waals surface area (Å²) < 4.78 is 18.9. The molecule has 0 aliphatic heterocycles. The smallest absolute Gasteiger partial charge is 0.251 e. The first-order valence-corrected chi connectivity index (χ1v) is 8.51. The lowest BCUT2D eigenvalue weighted by molar-refractivity contribution is 0.0901. The van der Waals surface area contributed by atoms with E-state index in [-0.39, 0.29) is 17.3 Å². The summed E-state index contributed by atoms with van der Waals surface area (Å²) >= 11 is 13.1. The zero-order chi connectivity index (χ0) is 18.0. The van der Waals surface area contributed by atoms with E-state index in [9.17, 15) is 14.3 Å². The molecule has 1 aromatic carbocycles. The maximum atomic E-state index is 12.9. The van der Waals surface area contributed by atoms with Crippen LogP contribution in [0.4, 0.5) is 4.39 Å². The largest absolute Gasteiger partial charge is 0.394 e. The van der Waals surface area contributed by atoms with Crippen molar-refractivity contribution in [1.29, 1.82) is 0 Å². The maximum Gasteiger partial charge on any atom is 0.251 e. The van der Waals surface area contributed by atoms with Gasteiger partial charge in [-0.05, 0) is 30.3 Å². The van der Waals surface area contributed by atoms with Gasteiger partial charge < -0.3 is 14.9 Å². The average molecular weight is 402 g/mol. The number of aromatic nitrogens is 2. The molecule has 0 bridgehead atoms. The summed E-state index contributed by atoms with van der Waals surface area (Å²) in [4.78, 5) is 16.3. The zero-order valence-corrected chi connectivity index (χ0v) is 14.7. The van der Waals surface area contributed by atoms with E-state index in [0.29, 0.717) is 14.2 Å². The van der Waals surface area contributed by atoms with Gasteiger partial charge in [0.25, 0.3) is 11.8 Å². The van der Waals surface area contributed by atoms with Crippen LogP contribution in [0.25, 0.3) is 11.4 Å². The van der Waals surface area contributed by atoms with Gasteiger partial charge in [0.05, 0.1) is 16.5 Å². The highest BCUT2D eigenvalue weighted by atomic mass is 35.5. The molecule has 1 amide bonds. The molecule has 3 aromatic rings. The van der Waals surface area contributed by atoms with Crippen LogP contribution in [0.3, 0.4) is 0 Å². The lowest BCUT2D eigenvalue weighted by atomic mass is 10.2. The molecular formula is C15H10Cl2FN3O3S. The first-order chi connectivity index (χ1) is 12.0. The topological polar surface area (TPSA) is 88.2 Å². The van der Waals surface area contributed by atoms with Gasteiger partial charge in [0, 0.05) is 5.56 Å². The molecule has 0 unspecified atom stereocenters. The molecule has 0 saturated carbocycles. The monoisotopic (exact) mass is 401 g/mol. The SMILES string of the molecule is O=C(N[C@@H](CO)c1nc(-c2cc(Cl)sc2Cl)no1)c1ccc(F)cc1. The molecular weight excluding hydrogens is 392 g/mol. The highest BCUT2D eigenvalue weighted by molar-refractivity contribution is 7.20. The van der Waals surface area contributed by atoms with Crippen molar-refractivity contribution in [3.63, 3.8) is 0 Å². The van der Waals surface area contributed by atoms with Crippen molar-refractivity contribution < 1.29 is 18.8 Å². The number of carbonyl (C=O) groups is 1. The number of benzene rings is 1. The highest BCUT2D eigenvalue weighted by Gasteiger charge is 2.23. The van der Waals surface area contributed by atoms with Crippen molar-refractivity contribution in [2.75, 3.05) is 6.61 Å². The fraction of sp³-hybridized carbons (Fsp3) is 0.133. The predicted octanol–water partition coefficient (Wildman–Crippen LogP) is 3.71. The van der Waals surface area contributed by atoms with E-state index < -0.39 is 24.4 Å². The van der Waals surface area contributed by atoms with Crippen LogP contribution in [0.15, 0.2) is 34.9 Å². The molecule has 0 aliphatic rings. The molecule has 6 nitrogen and oxygen atoms in total. The predicted molar refractivity (Wildman–Crippen MR) is 91.3 cm³/mol. The van der Waals surface area contributed by atoms with Crippen molar-refractivity contribution in [3.8, 4) is 11.4 Å². The van der Waals surface area contributed by atoms with Gasteiger partial charge in [0.2, 0.25) is 5.82 Å². The molecule has 1 atom stereocenters. The standard InChI is InChI=1S/C15H10Cl2FN3O3S/c16-11-5-9(12(17)25-11)13-20-15(24-21-13)10(6-22)19-14(23)7-1-3-8(18)4-2-7/h1-5,10,22H,6H2,(H,19,23)/t10-/m0/s1. The lowest BCUT2D eigenvalue weighted by Gasteiger charge is -2.12. The summed E-state index contributed by atoms with van der Waals surface area (Å²) in [6.07, 6.45) is 0. The number of aliphatic hydroxyl groups excluding tert-OH is 1. The second-order valence-electron chi connectivity index (χ2n) is 4.91. The Morgan fingerprint density at radius 2 is 2.08 bits per heavy atom. The van der Waals surface area contributed by atoms with E-state index in [4.69, 9.17) is 27.7 Å². The number of nitrogens with zero attached hydrogens (tertiary/aromatic N) is 2. The number of aliphatic hydroxyl groups is 1. The Balaban J connectivity index is 1.78. The first kappa shape index (κ1) is 17.8. The van der Waals surface area contributed by atoms with Crippen LogP contribution in [0.5, 0.6) is 0 Å². The molecule has 25 heavy (non-hydrogen) atoms. The van der Waals surface area contributed by atoms with Crippen LogP contribution in [-0.4, -0.2) is 27.8 Å². The van der Waals surface area contributed by atoms with E-state index in [1.54, 1.807) is 6.07 Å². The summed E-state index contributed by atoms with van der Waals surface area (Å²) in [6, 6.07) is 5.64. The molecule has 0 spiro atoms. The Bertz CT molecular complexity index is 898. The van der Waals surface area contributed by atoms with Crippen LogP contribution in [0.2, 0.25) is 8.67 Å². The molecule has 130 valence electrons. The third-order valence-corrected chi connectivity index (χ3v) is 4.72. The summed E-state index contributed by atoms with van der Waals surface area (Å²) in [5.74, 6) is -0.775. The van der Waals surface area contributed by atoms with Crippen LogP contribution in [0.1, 0.15) is 22.3 Å². The van der Waals surface area contributed by atoms with E-state index in [1.165, 1.54) is 12.1 Å². The highest BCUT2D eigenvalue weighted by Crippen LogP contribution is 2.37. The molecule has 0 aliphatic carbocycles. The Morgan fingerprint density at radius 3 is 2.68 bits per heavy atom. The molecule has 2 heterocycles. The fourth-order valence-corrected chi connectivity index (χ4v) is 3.46. The number of carbonyl (C=O) groups excluding carboxylic acids is 1. The minimum absolute atomic E-state index is 0.00588. The maximum absolute atomic E-state index is 12.9. The van der Waals surface area contributed by atoms with Crippen LogP contribution in [-0.2, 0) is 0 Å². The van der Waals surface area contributed by atoms with E-state index >= 15 is 0 Å². The van der Waals surface area contributed by atoms with Crippen molar-refractivity contribution in [1.82, 2.24) is 15.5 Å². The van der Waals surface area contributed by atoms with Gasteiger partial charge in [0.15, 0.2) is 0 Å². The van der Waals surface area contributed by atoms with E-state index in [1.807, 2.05) is 0 Å². The third kappa shape index (κ3) is 3.98. The van der Waals surface area contributed by atoms with Crippen LogP contribution >= 0.6 is 34.5 Å². The number of thiophene rings is 1. The Labute approximate surface area is 155 Å². The summed E-state index contributed by atoms with van der Waals surface area (Å²) in [5.41, 5.74) is 0.723. The first-order valence-electron chi connectivity index (χ1n) is 6.94. The molecule has 0 saturated heterocycles. The number of halogens is 3. The number of rotatable bonds is 5. The normalized spacial score (nSPS) is 12.2. The Hall–Kier alpha value is -2.00. The summed E-state index contributed by atoms with van der Waals surface area (Å²) in [6.45, 7) is -0.466. The molecule has 10 heteroatoms. The molecule has 2 N–H and O–H groups in total. The second-order valence-corrected chi connectivity index (χ2v) is 7.20. The van der Waals surface area contributed by atoms with Gasteiger partial charge in [0.1, 0.15) is 16.2 Å². The van der Waals surface area contributed by atoms with Crippen molar-refractivity contribution in [2.24, 2.45) is 0 Å². The summed E-state index contributed by atoms with van der Waals surface area (Å²) in [5, 5.41) is 15.8. The van der Waals surface area contributed by atoms with Crippen LogP contribution in [0, 0.1) is 5.82 Å². The Kier molecular flexibility index (Phi) is 5.33. The number of hydrogen-bond donors (Lipinski definition) is 2. The van der Waals surface area contributed by atoms with E-state index in [0.717, 1.165) is 23.5 Å². The minimum atomic E-state index is -0.924. The third-order valence-electron chi connectivity index (χ3n) is 3.23. The van der Waals surface area contributed by atoms with Crippen molar-refractivity contribution in [3.05, 3.63) is 56.3 Å². The van der Waals surface area contributed by atoms with E-state index in [2.05, 4.69) is 15.5 Å². The molecule has 2 aromatic heterocycles. The van der Waals surface area contributed by atoms with Gasteiger partial charge >= 0.3 is 0 Å². The van der Waals surface area contributed by atoms with Gasteiger partial charge in [-0.25, -0.2) is 4.39 Å². The fourth-order valence-electron chi connectivity index (χ4n) is 2.01.